The number of hydrazine groups is 1. The average molecular weight is 495 g/mol. The lowest BCUT2D eigenvalue weighted by Crippen LogP contribution is -2.41. The first-order valence-electron chi connectivity index (χ1n) is 9.62. The van der Waals surface area contributed by atoms with Crippen molar-refractivity contribution in [3.05, 3.63) is 78.3 Å². The molecule has 0 aliphatic heterocycles. The van der Waals surface area contributed by atoms with Gasteiger partial charge in [-0.05, 0) is 48.5 Å². The topological polar surface area (TPSA) is 141 Å². The van der Waals surface area contributed by atoms with Crippen molar-refractivity contribution in [1.82, 2.24) is 10.3 Å². The summed E-state index contributed by atoms with van der Waals surface area (Å²) in [4.78, 5) is 14.2. The molecule has 176 valence electrons. The van der Waals surface area contributed by atoms with E-state index >= 15 is 0 Å². The molecule has 1 aromatic heterocycles. The second-order valence-electron chi connectivity index (χ2n) is 6.71. The molecule has 2 aromatic carbocycles. The van der Waals surface area contributed by atoms with Crippen molar-refractivity contribution >= 4 is 25.8 Å². The summed E-state index contributed by atoms with van der Waals surface area (Å²) in [5.41, 5.74) is 2.03. The second-order valence-corrected chi connectivity index (χ2v) is 10.4. The van der Waals surface area contributed by atoms with Crippen LogP contribution in [0, 0.1) is 0 Å². The van der Waals surface area contributed by atoms with Gasteiger partial charge < -0.3 is 13.9 Å². The number of benzene rings is 2. The zero-order valence-electron chi connectivity index (χ0n) is 17.6. The third-order valence-corrected chi connectivity index (χ3v) is 7.23. The minimum absolute atomic E-state index is 0.0379. The van der Waals surface area contributed by atoms with Crippen LogP contribution in [-0.2, 0) is 30.4 Å². The van der Waals surface area contributed by atoms with Crippen molar-refractivity contribution in [3.8, 4) is 5.75 Å². The SMILES string of the molecule is COCCOc1ccc(S(=O)(=O)NNC(=O)c2ccc(CS(=O)(=O)c3ccccc3)o2)cc1. The molecule has 1 heterocycles. The molecule has 0 radical (unpaired) electrons. The van der Waals surface area contributed by atoms with Crippen LogP contribution in [0.25, 0.3) is 0 Å². The molecule has 0 aliphatic carbocycles. The lowest BCUT2D eigenvalue weighted by atomic mass is 10.3. The Kier molecular flexibility index (Phi) is 7.87. The number of hydrogen-bond donors (Lipinski definition) is 2. The summed E-state index contributed by atoms with van der Waals surface area (Å²) in [5.74, 6) is -1.09. The molecule has 0 spiro atoms. The Morgan fingerprint density at radius 2 is 1.58 bits per heavy atom. The highest BCUT2D eigenvalue weighted by Gasteiger charge is 2.21. The Morgan fingerprint density at radius 3 is 2.24 bits per heavy atom. The molecule has 0 unspecified atom stereocenters. The van der Waals surface area contributed by atoms with Gasteiger partial charge in [-0.25, -0.2) is 16.8 Å². The third kappa shape index (κ3) is 6.65. The molecule has 33 heavy (non-hydrogen) atoms. The van der Waals surface area contributed by atoms with E-state index in [2.05, 4.69) is 0 Å². The Balaban J connectivity index is 1.59. The number of sulfonamides is 1. The number of hydrogen-bond acceptors (Lipinski definition) is 8. The number of ether oxygens (including phenoxy) is 2. The first-order valence-corrected chi connectivity index (χ1v) is 12.8. The number of rotatable bonds is 11. The summed E-state index contributed by atoms with van der Waals surface area (Å²) in [5, 5.41) is 0. The number of carbonyl (C=O) groups excluding carboxylic acids is 1. The maximum atomic E-state index is 12.4. The van der Waals surface area contributed by atoms with Gasteiger partial charge in [0.1, 0.15) is 23.9 Å². The highest BCUT2D eigenvalue weighted by molar-refractivity contribution is 7.90. The molecular weight excluding hydrogens is 472 g/mol. The van der Waals surface area contributed by atoms with Crippen LogP contribution < -0.4 is 15.0 Å². The van der Waals surface area contributed by atoms with Gasteiger partial charge in [0.25, 0.3) is 10.0 Å². The molecular formula is C21H22N2O8S2. The minimum atomic E-state index is -4.06. The quantitative estimate of drug-likeness (QED) is 0.304. The summed E-state index contributed by atoms with van der Waals surface area (Å²) >= 11 is 0. The number of nitrogens with one attached hydrogen (secondary N) is 2. The van der Waals surface area contributed by atoms with E-state index in [4.69, 9.17) is 13.9 Å². The van der Waals surface area contributed by atoms with E-state index in [1.165, 1.54) is 55.6 Å². The van der Waals surface area contributed by atoms with Gasteiger partial charge in [-0.15, -0.1) is 4.83 Å². The Labute approximate surface area is 191 Å². The Hall–Kier alpha value is -3.19. The maximum Gasteiger partial charge on any atom is 0.301 e. The summed E-state index contributed by atoms with van der Waals surface area (Å²) < 4.78 is 65.2. The maximum absolute atomic E-state index is 12.4. The Bertz CT molecular complexity index is 1290. The van der Waals surface area contributed by atoms with Crippen molar-refractivity contribution in [2.75, 3.05) is 20.3 Å². The van der Waals surface area contributed by atoms with Crippen LogP contribution in [0.2, 0.25) is 0 Å². The molecule has 10 nitrogen and oxygen atoms in total. The fourth-order valence-electron chi connectivity index (χ4n) is 2.67. The molecule has 3 rings (SSSR count). The molecule has 0 bridgehead atoms. The molecule has 0 saturated heterocycles. The zero-order valence-corrected chi connectivity index (χ0v) is 19.2. The van der Waals surface area contributed by atoms with E-state index in [1.807, 2.05) is 10.3 Å². The highest BCUT2D eigenvalue weighted by Crippen LogP contribution is 2.18. The van der Waals surface area contributed by atoms with Gasteiger partial charge in [-0.3, -0.25) is 10.2 Å². The van der Waals surface area contributed by atoms with E-state index in [-0.39, 0.29) is 21.3 Å². The zero-order chi connectivity index (χ0) is 23.9. The molecule has 0 aliphatic rings. The van der Waals surface area contributed by atoms with Crippen LogP contribution in [0.15, 0.2) is 80.9 Å². The van der Waals surface area contributed by atoms with Crippen LogP contribution in [0.3, 0.4) is 0 Å². The fourth-order valence-corrected chi connectivity index (χ4v) is 4.78. The van der Waals surface area contributed by atoms with Crippen LogP contribution in [0.5, 0.6) is 5.75 Å². The van der Waals surface area contributed by atoms with Crippen LogP contribution >= 0.6 is 0 Å². The predicted molar refractivity (Wildman–Crippen MR) is 118 cm³/mol. The van der Waals surface area contributed by atoms with Crippen molar-refractivity contribution in [2.24, 2.45) is 0 Å². The smallest absolute Gasteiger partial charge is 0.301 e. The van der Waals surface area contributed by atoms with Crippen molar-refractivity contribution < 1.29 is 35.5 Å². The molecule has 0 saturated carbocycles. The third-order valence-electron chi connectivity index (χ3n) is 4.31. The lowest BCUT2D eigenvalue weighted by Gasteiger charge is -2.09. The molecule has 0 fully saturated rings. The minimum Gasteiger partial charge on any atom is -0.491 e. The van der Waals surface area contributed by atoms with Crippen molar-refractivity contribution in [2.45, 2.75) is 15.5 Å². The van der Waals surface area contributed by atoms with Gasteiger partial charge in [0.2, 0.25) is 0 Å². The van der Waals surface area contributed by atoms with Gasteiger partial charge in [0.05, 0.1) is 16.4 Å². The largest absolute Gasteiger partial charge is 0.491 e. The molecule has 0 atom stereocenters. The molecule has 2 N–H and O–H groups in total. The van der Waals surface area contributed by atoms with Crippen LogP contribution in [0.4, 0.5) is 0 Å². The average Bonchev–Trinajstić information content (AvgIpc) is 3.26. The number of furan rings is 1. The first kappa shape index (κ1) is 24.5. The number of sulfone groups is 1. The van der Waals surface area contributed by atoms with Gasteiger partial charge in [-0.1, -0.05) is 18.2 Å². The Morgan fingerprint density at radius 1 is 0.879 bits per heavy atom. The summed E-state index contributed by atoms with van der Waals surface area (Å²) in [6.07, 6.45) is 0. The number of amides is 1. The second kappa shape index (κ2) is 10.6. The van der Waals surface area contributed by atoms with Crippen molar-refractivity contribution in [3.63, 3.8) is 0 Å². The monoisotopic (exact) mass is 494 g/mol. The van der Waals surface area contributed by atoms with E-state index in [9.17, 15) is 21.6 Å². The van der Waals surface area contributed by atoms with Crippen molar-refractivity contribution in [1.29, 1.82) is 0 Å². The van der Waals surface area contributed by atoms with E-state index in [0.29, 0.717) is 19.0 Å². The van der Waals surface area contributed by atoms with Gasteiger partial charge in [0, 0.05) is 7.11 Å². The summed E-state index contributed by atoms with van der Waals surface area (Å²) in [7, 11) is -6.19. The number of carbonyl (C=O) groups is 1. The first-order chi connectivity index (χ1) is 15.7. The van der Waals surface area contributed by atoms with Crippen LogP contribution in [-0.4, -0.2) is 43.1 Å². The van der Waals surface area contributed by atoms with E-state index in [1.54, 1.807) is 18.2 Å². The number of methoxy groups -OCH3 is 1. The van der Waals surface area contributed by atoms with Gasteiger partial charge in [0.15, 0.2) is 15.6 Å². The van der Waals surface area contributed by atoms with Gasteiger partial charge in [-0.2, -0.15) is 0 Å². The fraction of sp³-hybridized carbons (Fsp3) is 0.190. The van der Waals surface area contributed by atoms with Crippen LogP contribution in [0.1, 0.15) is 16.3 Å². The lowest BCUT2D eigenvalue weighted by molar-refractivity contribution is 0.0915. The molecule has 12 heteroatoms. The molecule has 1 amide bonds. The van der Waals surface area contributed by atoms with E-state index in [0.717, 1.165) is 0 Å². The summed E-state index contributed by atoms with van der Waals surface area (Å²) in [6, 6.07) is 16.0. The standard InChI is InChI=1S/C21H22N2O8S2/c1-29-13-14-30-16-7-10-19(11-8-16)33(27,28)23-22-21(24)20-12-9-17(31-20)15-32(25,26)18-5-3-2-4-6-18/h2-12,23H,13-15H2,1H3,(H,22,24). The predicted octanol–water partition coefficient (Wildman–Crippen LogP) is 1.90. The van der Waals surface area contributed by atoms with Gasteiger partial charge >= 0.3 is 5.91 Å². The normalized spacial score (nSPS) is 11.8. The van der Waals surface area contributed by atoms with E-state index < -0.39 is 31.5 Å². The highest BCUT2D eigenvalue weighted by atomic mass is 32.2. The summed E-state index contributed by atoms with van der Waals surface area (Å²) in [6.45, 7) is 0.703. The molecule has 3 aromatic rings.